The molecule has 0 unspecified atom stereocenters. The summed E-state index contributed by atoms with van der Waals surface area (Å²) in [7, 11) is 0. The highest BCUT2D eigenvalue weighted by molar-refractivity contribution is 7.23. The number of hydrogen-bond donors (Lipinski definition) is 0. The minimum atomic E-state index is -0.0820. The Labute approximate surface area is 190 Å². The zero-order valence-electron chi connectivity index (χ0n) is 16.7. The van der Waals surface area contributed by atoms with E-state index in [-0.39, 0.29) is 5.91 Å². The number of thiazole rings is 1. The molecule has 1 fully saturated rings. The van der Waals surface area contributed by atoms with Crippen molar-refractivity contribution < 1.29 is 9.53 Å². The van der Waals surface area contributed by atoms with E-state index in [1.54, 1.807) is 29.2 Å². The van der Waals surface area contributed by atoms with Gasteiger partial charge in [0.2, 0.25) is 0 Å². The summed E-state index contributed by atoms with van der Waals surface area (Å²) < 4.78 is 6.33. The molecule has 2 aromatic carbocycles. The number of anilines is 1. The largest absolute Gasteiger partial charge is 0.379 e. The van der Waals surface area contributed by atoms with Crippen LogP contribution in [0.15, 0.2) is 36.4 Å². The van der Waals surface area contributed by atoms with Crippen molar-refractivity contribution in [1.29, 1.82) is 0 Å². The van der Waals surface area contributed by atoms with E-state index < -0.39 is 0 Å². The van der Waals surface area contributed by atoms with Crippen LogP contribution in [0.1, 0.15) is 22.3 Å². The van der Waals surface area contributed by atoms with E-state index in [1.165, 1.54) is 11.3 Å². The van der Waals surface area contributed by atoms with Gasteiger partial charge in [0, 0.05) is 36.8 Å². The van der Waals surface area contributed by atoms with Crippen molar-refractivity contribution in [1.82, 2.24) is 9.88 Å². The number of aryl methyl sites for hydroxylation is 1. The number of fused-ring (bicyclic) bond motifs is 1. The molecule has 2 heterocycles. The summed E-state index contributed by atoms with van der Waals surface area (Å²) in [6.07, 6.45) is 0.849. The zero-order chi connectivity index (χ0) is 21.1. The van der Waals surface area contributed by atoms with Crippen LogP contribution < -0.4 is 4.90 Å². The Morgan fingerprint density at radius 3 is 2.60 bits per heavy atom. The number of morpholine rings is 1. The van der Waals surface area contributed by atoms with E-state index in [1.807, 2.05) is 19.1 Å². The van der Waals surface area contributed by atoms with Crippen LogP contribution in [0.4, 0.5) is 5.13 Å². The molecule has 0 bridgehead atoms. The van der Waals surface area contributed by atoms with Crippen LogP contribution in [-0.4, -0.2) is 55.2 Å². The van der Waals surface area contributed by atoms with Crippen LogP contribution in [0.5, 0.6) is 0 Å². The lowest BCUT2D eigenvalue weighted by Gasteiger charge is -2.27. The van der Waals surface area contributed by atoms with Gasteiger partial charge in [-0.25, -0.2) is 4.98 Å². The summed E-state index contributed by atoms with van der Waals surface area (Å²) in [4.78, 5) is 22.3. The van der Waals surface area contributed by atoms with Crippen LogP contribution >= 0.6 is 34.5 Å². The molecule has 158 valence electrons. The summed E-state index contributed by atoms with van der Waals surface area (Å²) >= 11 is 13.9. The minimum absolute atomic E-state index is 0.0820. The van der Waals surface area contributed by atoms with Crippen LogP contribution in [0.25, 0.3) is 10.2 Å². The van der Waals surface area contributed by atoms with Crippen molar-refractivity contribution in [3.8, 4) is 0 Å². The average Bonchev–Trinajstić information content (AvgIpc) is 3.21. The lowest BCUT2D eigenvalue weighted by molar-refractivity contribution is 0.0376. The number of rotatable bonds is 6. The Kier molecular flexibility index (Phi) is 6.91. The van der Waals surface area contributed by atoms with E-state index in [2.05, 4.69) is 4.90 Å². The molecule has 0 spiro atoms. The molecule has 3 aromatic rings. The Morgan fingerprint density at radius 1 is 1.17 bits per heavy atom. The number of amides is 1. The number of nitrogens with zero attached hydrogens (tertiary/aromatic N) is 3. The topological polar surface area (TPSA) is 45.7 Å². The van der Waals surface area contributed by atoms with Gasteiger partial charge < -0.3 is 4.74 Å². The van der Waals surface area contributed by atoms with Crippen molar-refractivity contribution in [2.24, 2.45) is 0 Å². The highest BCUT2D eigenvalue weighted by atomic mass is 35.5. The smallest absolute Gasteiger partial charge is 0.260 e. The molecule has 0 atom stereocenters. The van der Waals surface area contributed by atoms with E-state index in [9.17, 15) is 4.79 Å². The standard InChI is InChI=1S/C22H23Cl2N3O2S/c1-15-3-8-18(24)20-19(15)25-22(30-20)27(10-2-9-26-11-13-29-14-12-26)21(28)16-4-6-17(23)7-5-16/h3-8H,2,9-14H2,1H3. The molecular formula is C22H23Cl2N3O2S. The number of ether oxygens (including phenoxy) is 1. The first-order valence-corrected chi connectivity index (χ1v) is 11.5. The zero-order valence-corrected chi connectivity index (χ0v) is 19.1. The fraction of sp³-hybridized carbons (Fsp3) is 0.364. The number of carbonyl (C=O) groups excluding carboxylic acids is 1. The van der Waals surface area contributed by atoms with Crippen LogP contribution in [0, 0.1) is 6.92 Å². The fourth-order valence-corrected chi connectivity index (χ4v) is 4.98. The molecule has 0 aliphatic carbocycles. The molecule has 0 N–H and O–H groups in total. The third-order valence-electron chi connectivity index (χ3n) is 5.21. The Balaban J connectivity index is 1.60. The molecule has 8 heteroatoms. The number of aromatic nitrogens is 1. The summed E-state index contributed by atoms with van der Waals surface area (Å²) in [6.45, 7) is 6.90. The second-order valence-corrected chi connectivity index (χ2v) is 9.13. The first kappa shape index (κ1) is 21.5. The van der Waals surface area contributed by atoms with Gasteiger partial charge in [0.15, 0.2) is 5.13 Å². The van der Waals surface area contributed by atoms with Crippen LogP contribution in [-0.2, 0) is 4.74 Å². The molecule has 1 saturated heterocycles. The molecule has 0 radical (unpaired) electrons. The molecule has 4 rings (SSSR count). The van der Waals surface area contributed by atoms with Gasteiger partial charge in [0.25, 0.3) is 5.91 Å². The van der Waals surface area contributed by atoms with Gasteiger partial charge in [0.05, 0.1) is 28.5 Å². The number of hydrogen-bond acceptors (Lipinski definition) is 5. The normalized spacial score (nSPS) is 14.9. The van der Waals surface area contributed by atoms with E-state index >= 15 is 0 Å². The second kappa shape index (κ2) is 9.62. The van der Waals surface area contributed by atoms with Crippen molar-refractivity contribution in [3.63, 3.8) is 0 Å². The summed E-state index contributed by atoms with van der Waals surface area (Å²) in [5.41, 5.74) is 2.49. The second-order valence-electron chi connectivity index (χ2n) is 7.31. The van der Waals surface area contributed by atoms with Crippen molar-refractivity contribution in [2.45, 2.75) is 13.3 Å². The van der Waals surface area contributed by atoms with Gasteiger partial charge in [-0.1, -0.05) is 40.6 Å². The van der Waals surface area contributed by atoms with E-state index in [0.717, 1.165) is 55.0 Å². The molecule has 30 heavy (non-hydrogen) atoms. The maximum absolute atomic E-state index is 13.4. The molecule has 0 saturated carbocycles. The summed E-state index contributed by atoms with van der Waals surface area (Å²) in [5.74, 6) is -0.0820. The third kappa shape index (κ3) is 4.79. The number of carbonyl (C=O) groups is 1. The molecule has 1 aliphatic heterocycles. The van der Waals surface area contributed by atoms with Gasteiger partial charge in [0.1, 0.15) is 0 Å². The predicted octanol–water partition coefficient (Wildman–Crippen LogP) is 5.28. The van der Waals surface area contributed by atoms with Crippen LogP contribution in [0.3, 0.4) is 0 Å². The first-order valence-electron chi connectivity index (χ1n) is 9.96. The quantitative estimate of drug-likeness (QED) is 0.498. The number of benzene rings is 2. The Morgan fingerprint density at radius 2 is 1.90 bits per heavy atom. The Hall–Kier alpha value is -1.70. The third-order valence-corrected chi connectivity index (χ3v) is 7.00. The highest BCUT2D eigenvalue weighted by Crippen LogP contribution is 2.36. The highest BCUT2D eigenvalue weighted by Gasteiger charge is 2.23. The maximum atomic E-state index is 13.4. The van der Waals surface area contributed by atoms with Gasteiger partial charge in [-0.05, 0) is 49.2 Å². The monoisotopic (exact) mass is 463 g/mol. The van der Waals surface area contributed by atoms with Gasteiger partial charge in [-0.3, -0.25) is 14.6 Å². The first-order chi connectivity index (χ1) is 14.5. The predicted molar refractivity (Wildman–Crippen MR) is 124 cm³/mol. The SMILES string of the molecule is Cc1ccc(Cl)c2sc(N(CCCN3CCOCC3)C(=O)c3ccc(Cl)cc3)nc12. The molecule has 1 amide bonds. The van der Waals surface area contributed by atoms with Gasteiger partial charge in [-0.2, -0.15) is 0 Å². The fourth-order valence-electron chi connectivity index (χ4n) is 3.52. The molecule has 5 nitrogen and oxygen atoms in total. The summed E-state index contributed by atoms with van der Waals surface area (Å²) in [6, 6.07) is 10.8. The molecule has 1 aromatic heterocycles. The molecular weight excluding hydrogens is 441 g/mol. The lowest BCUT2D eigenvalue weighted by Crippen LogP contribution is -2.39. The lowest BCUT2D eigenvalue weighted by atomic mass is 10.2. The average molecular weight is 464 g/mol. The number of halogens is 2. The van der Waals surface area contributed by atoms with Crippen molar-refractivity contribution in [3.05, 3.63) is 57.6 Å². The molecule has 1 aliphatic rings. The maximum Gasteiger partial charge on any atom is 0.260 e. The van der Waals surface area contributed by atoms with Gasteiger partial charge in [-0.15, -0.1) is 0 Å². The Bertz CT molecular complexity index is 994. The van der Waals surface area contributed by atoms with E-state index in [0.29, 0.717) is 27.3 Å². The summed E-state index contributed by atoms with van der Waals surface area (Å²) in [5, 5.41) is 1.93. The van der Waals surface area contributed by atoms with E-state index in [4.69, 9.17) is 32.9 Å². The van der Waals surface area contributed by atoms with Crippen molar-refractivity contribution in [2.75, 3.05) is 44.3 Å². The minimum Gasteiger partial charge on any atom is -0.379 e. The van der Waals surface area contributed by atoms with Crippen molar-refractivity contribution >= 4 is 55.8 Å². The van der Waals surface area contributed by atoms with Gasteiger partial charge >= 0.3 is 0 Å². The van der Waals surface area contributed by atoms with Crippen LogP contribution in [0.2, 0.25) is 10.0 Å².